The highest BCUT2D eigenvalue weighted by Gasteiger charge is 2.16. The molecule has 116 valence electrons. The lowest BCUT2D eigenvalue weighted by Crippen LogP contribution is -2.03. The Kier molecular flexibility index (Phi) is 3.43. The van der Waals surface area contributed by atoms with E-state index < -0.39 is 0 Å². The Hall–Kier alpha value is -3.27. The first kappa shape index (κ1) is 14.3. The van der Waals surface area contributed by atoms with Gasteiger partial charge in [0, 0.05) is 35.7 Å². The van der Waals surface area contributed by atoms with Crippen LogP contribution in [0.1, 0.15) is 6.92 Å². The van der Waals surface area contributed by atoms with E-state index in [0.29, 0.717) is 5.75 Å². The van der Waals surface area contributed by atoms with Crippen LogP contribution in [0.3, 0.4) is 0 Å². The van der Waals surface area contributed by atoms with Crippen LogP contribution < -0.4 is 4.74 Å². The summed E-state index contributed by atoms with van der Waals surface area (Å²) in [7, 11) is 0. The minimum Gasteiger partial charge on any atom is -0.426 e. The van der Waals surface area contributed by atoms with Gasteiger partial charge in [-0.3, -0.25) is 14.8 Å². The molecule has 0 saturated carbocycles. The summed E-state index contributed by atoms with van der Waals surface area (Å²) in [6.07, 6.45) is 3.50. The van der Waals surface area contributed by atoms with Crippen LogP contribution in [-0.2, 0) is 4.79 Å². The van der Waals surface area contributed by atoms with Crippen molar-refractivity contribution in [2.75, 3.05) is 0 Å². The molecule has 2 heterocycles. The van der Waals surface area contributed by atoms with Gasteiger partial charge in [0.2, 0.25) is 0 Å². The van der Waals surface area contributed by atoms with E-state index in [4.69, 9.17) is 4.74 Å². The fourth-order valence-electron chi connectivity index (χ4n) is 2.93. The zero-order valence-electron chi connectivity index (χ0n) is 13.1. The van der Waals surface area contributed by atoms with Crippen molar-refractivity contribution in [3.05, 3.63) is 67.0 Å². The van der Waals surface area contributed by atoms with Gasteiger partial charge in [0.05, 0.1) is 16.6 Å². The molecule has 0 bridgehead atoms. The molecule has 0 saturated heterocycles. The van der Waals surface area contributed by atoms with E-state index in [0.717, 1.165) is 32.9 Å². The van der Waals surface area contributed by atoms with Crippen molar-refractivity contribution in [3.63, 3.8) is 0 Å². The Morgan fingerprint density at radius 1 is 0.833 bits per heavy atom. The number of nitrogens with zero attached hydrogens (tertiary/aromatic N) is 2. The second kappa shape index (κ2) is 5.74. The number of hydrogen-bond donors (Lipinski definition) is 0. The van der Waals surface area contributed by atoms with Crippen molar-refractivity contribution in [1.29, 1.82) is 0 Å². The molecular weight excluding hydrogens is 300 g/mol. The van der Waals surface area contributed by atoms with Gasteiger partial charge in [0.15, 0.2) is 0 Å². The van der Waals surface area contributed by atoms with Crippen LogP contribution in [0.5, 0.6) is 5.75 Å². The average molecular weight is 314 g/mol. The summed E-state index contributed by atoms with van der Waals surface area (Å²) in [6.45, 7) is 1.40. The van der Waals surface area contributed by atoms with E-state index in [-0.39, 0.29) is 5.97 Å². The summed E-state index contributed by atoms with van der Waals surface area (Å²) < 4.78 is 5.45. The summed E-state index contributed by atoms with van der Waals surface area (Å²) in [4.78, 5) is 20.6. The molecule has 0 aliphatic heterocycles. The van der Waals surface area contributed by atoms with Crippen molar-refractivity contribution in [2.24, 2.45) is 0 Å². The lowest BCUT2D eigenvalue weighted by atomic mass is 9.98. The molecule has 0 aliphatic rings. The first-order valence-corrected chi connectivity index (χ1v) is 7.64. The molecule has 24 heavy (non-hydrogen) atoms. The Morgan fingerprint density at radius 3 is 2.25 bits per heavy atom. The highest BCUT2D eigenvalue weighted by molar-refractivity contribution is 6.05. The largest absolute Gasteiger partial charge is 0.426 e. The number of hydrogen-bond acceptors (Lipinski definition) is 4. The van der Waals surface area contributed by atoms with Gasteiger partial charge in [0.25, 0.3) is 0 Å². The first-order chi connectivity index (χ1) is 11.7. The maximum absolute atomic E-state index is 11.5. The summed E-state index contributed by atoms with van der Waals surface area (Å²) in [5, 5.41) is 2.01. The topological polar surface area (TPSA) is 52.1 Å². The Bertz CT molecular complexity index is 1070. The van der Waals surface area contributed by atoms with Gasteiger partial charge in [-0.15, -0.1) is 0 Å². The standard InChI is InChI=1S/C20H14N2O2/c1-13(23)24-17-10-9-15-7-4-12-22-20(15)18(17)16-8-2-5-14-6-3-11-21-19(14)16/h2-12H,1H3. The van der Waals surface area contributed by atoms with Crippen LogP contribution in [0, 0.1) is 0 Å². The van der Waals surface area contributed by atoms with Crippen LogP contribution in [0.25, 0.3) is 32.9 Å². The molecule has 0 unspecified atom stereocenters. The highest BCUT2D eigenvalue weighted by atomic mass is 16.5. The number of fused-ring (bicyclic) bond motifs is 2. The molecule has 0 N–H and O–H groups in total. The molecule has 2 aromatic carbocycles. The molecule has 4 heteroatoms. The van der Waals surface area contributed by atoms with Crippen molar-refractivity contribution >= 4 is 27.8 Å². The summed E-state index contributed by atoms with van der Waals surface area (Å²) in [6, 6.07) is 17.5. The third-order valence-corrected chi connectivity index (χ3v) is 3.89. The summed E-state index contributed by atoms with van der Waals surface area (Å²) in [5.74, 6) is 0.131. The average Bonchev–Trinajstić information content (AvgIpc) is 2.61. The molecule has 0 aliphatic carbocycles. The van der Waals surface area contributed by atoms with E-state index in [9.17, 15) is 4.79 Å². The van der Waals surface area contributed by atoms with Crippen LogP contribution in [-0.4, -0.2) is 15.9 Å². The number of carbonyl (C=O) groups is 1. The maximum atomic E-state index is 11.5. The fourth-order valence-corrected chi connectivity index (χ4v) is 2.93. The Morgan fingerprint density at radius 2 is 1.50 bits per heavy atom. The number of aromatic nitrogens is 2. The second-order valence-corrected chi connectivity index (χ2v) is 5.49. The molecule has 2 aromatic heterocycles. The number of ether oxygens (including phenoxy) is 1. The number of benzene rings is 2. The van der Waals surface area contributed by atoms with Crippen molar-refractivity contribution < 1.29 is 9.53 Å². The molecule has 0 radical (unpaired) electrons. The quantitative estimate of drug-likeness (QED) is 0.407. The summed E-state index contributed by atoms with van der Waals surface area (Å²) >= 11 is 0. The van der Waals surface area contributed by atoms with Gasteiger partial charge in [-0.1, -0.05) is 30.3 Å². The minimum absolute atomic E-state index is 0.361. The van der Waals surface area contributed by atoms with Crippen LogP contribution >= 0.6 is 0 Å². The van der Waals surface area contributed by atoms with E-state index >= 15 is 0 Å². The van der Waals surface area contributed by atoms with Gasteiger partial charge in [-0.05, 0) is 24.3 Å². The van der Waals surface area contributed by atoms with E-state index in [2.05, 4.69) is 9.97 Å². The molecule has 4 rings (SSSR count). The molecule has 0 fully saturated rings. The fraction of sp³-hybridized carbons (Fsp3) is 0.0500. The van der Waals surface area contributed by atoms with Crippen LogP contribution in [0.15, 0.2) is 67.0 Å². The second-order valence-electron chi connectivity index (χ2n) is 5.49. The molecule has 4 aromatic rings. The Balaban J connectivity index is 2.12. The first-order valence-electron chi connectivity index (χ1n) is 7.64. The number of carbonyl (C=O) groups excluding carboxylic acids is 1. The van der Waals surface area contributed by atoms with E-state index in [1.807, 2.05) is 54.6 Å². The number of esters is 1. The smallest absolute Gasteiger partial charge is 0.308 e. The van der Waals surface area contributed by atoms with E-state index in [1.165, 1.54) is 6.92 Å². The zero-order chi connectivity index (χ0) is 16.5. The van der Waals surface area contributed by atoms with Gasteiger partial charge in [-0.2, -0.15) is 0 Å². The SMILES string of the molecule is CC(=O)Oc1ccc2cccnc2c1-c1cccc2cccnc12. The molecule has 0 spiro atoms. The van der Waals surface area contributed by atoms with Gasteiger partial charge in [0.1, 0.15) is 5.75 Å². The van der Waals surface area contributed by atoms with Crippen LogP contribution in [0.2, 0.25) is 0 Å². The zero-order valence-corrected chi connectivity index (χ0v) is 13.1. The summed E-state index contributed by atoms with van der Waals surface area (Å²) in [5.41, 5.74) is 3.32. The van der Waals surface area contributed by atoms with E-state index in [1.54, 1.807) is 12.4 Å². The third kappa shape index (κ3) is 2.38. The normalized spacial score (nSPS) is 10.9. The monoisotopic (exact) mass is 314 g/mol. The van der Waals surface area contributed by atoms with Crippen molar-refractivity contribution in [3.8, 4) is 16.9 Å². The maximum Gasteiger partial charge on any atom is 0.308 e. The third-order valence-electron chi connectivity index (χ3n) is 3.89. The number of pyridine rings is 2. The minimum atomic E-state index is -0.361. The number of rotatable bonds is 2. The van der Waals surface area contributed by atoms with Gasteiger partial charge in [-0.25, -0.2) is 0 Å². The molecular formula is C20H14N2O2. The lowest BCUT2D eigenvalue weighted by molar-refractivity contribution is -0.131. The van der Waals surface area contributed by atoms with Gasteiger partial charge >= 0.3 is 5.97 Å². The van der Waals surface area contributed by atoms with Gasteiger partial charge < -0.3 is 4.74 Å². The predicted octanol–water partition coefficient (Wildman–Crippen LogP) is 4.38. The van der Waals surface area contributed by atoms with Crippen molar-refractivity contribution in [2.45, 2.75) is 6.92 Å². The molecule has 4 nitrogen and oxygen atoms in total. The predicted molar refractivity (Wildman–Crippen MR) is 93.8 cm³/mol. The number of para-hydroxylation sites is 1. The highest BCUT2D eigenvalue weighted by Crippen LogP contribution is 2.39. The Labute approximate surface area is 138 Å². The van der Waals surface area contributed by atoms with Crippen molar-refractivity contribution in [1.82, 2.24) is 9.97 Å². The molecule has 0 atom stereocenters. The molecule has 0 amide bonds. The van der Waals surface area contributed by atoms with Crippen LogP contribution in [0.4, 0.5) is 0 Å². The lowest BCUT2D eigenvalue weighted by Gasteiger charge is -2.13.